The number of aromatic nitrogens is 3. The Balaban J connectivity index is 1.30. The molecule has 0 radical (unpaired) electrons. The average molecular weight is 408 g/mol. The Morgan fingerprint density at radius 1 is 0.966 bits per heavy atom. The van der Waals surface area contributed by atoms with Crippen molar-refractivity contribution in [2.75, 3.05) is 31.1 Å². The number of rotatable bonds is 4. The third kappa shape index (κ3) is 3.50. The SMILES string of the molecule is Cc1c(CN2CCN(c3ccccc3)CC2)oc2nc(-c3ccccc3Cl)nn12. The number of halogens is 1. The van der Waals surface area contributed by atoms with Gasteiger partial charge in [-0.2, -0.15) is 9.50 Å². The lowest BCUT2D eigenvalue weighted by molar-refractivity contribution is 0.231. The molecule has 148 valence electrons. The quantitative estimate of drug-likeness (QED) is 0.505. The van der Waals surface area contributed by atoms with Crippen LogP contribution in [0.1, 0.15) is 11.5 Å². The molecule has 7 heteroatoms. The van der Waals surface area contributed by atoms with E-state index >= 15 is 0 Å². The van der Waals surface area contributed by atoms with Crippen LogP contribution < -0.4 is 4.90 Å². The topological polar surface area (TPSA) is 49.8 Å². The Labute approximate surface area is 174 Å². The fourth-order valence-electron chi connectivity index (χ4n) is 3.79. The molecule has 2 aromatic carbocycles. The Bertz CT molecular complexity index is 1130. The van der Waals surface area contributed by atoms with E-state index in [2.05, 4.69) is 50.2 Å². The first-order valence-corrected chi connectivity index (χ1v) is 10.2. The minimum atomic E-state index is 0.510. The van der Waals surface area contributed by atoms with Crippen molar-refractivity contribution in [3.05, 3.63) is 71.1 Å². The molecule has 29 heavy (non-hydrogen) atoms. The van der Waals surface area contributed by atoms with Gasteiger partial charge >= 0.3 is 5.84 Å². The summed E-state index contributed by atoms with van der Waals surface area (Å²) >= 11 is 6.28. The van der Waals surface area contributed by atoms with E-state index < -0.39 is 0 Å². The van der Waals surface area contributed by atoms with E-state index in [1.165, 1.54) is 5.69 Å². The summed E-state index contributed by atoms with van der Waals surface area (Å²) in [5, 5.41) is 5.24. The van der Waals surface area contributed by atoms with Crippen molar-refractivity contribution in [2.45, 2.75) is 13.5 Å². The van der Waals surface area contributed by atoms with E-state index in [0.717, 1.165) is 49.7 Å². The van der Waals surface area contributed by atoms with Crippen LogP contribution in [0.5, 0.6) is 0 Å². The number of benzene rings is 2. The summed E-state index contributed by atoms with van der Waals surface area (Å²) in [5.74, 6) is 2.01. The first kappa shape index (κ1) is 18.2. The largest absolute Gasteiger partial charge is 0.425 e. The molecule has 4 aromatic rings. The number of hydrogen-bond donors (Lipinski definition) is 0. The van der Waals surface area contributed by atoms with Gasteiger partial charge in [0.25, 0.3) is 0 Å². The second kappa shape index (κ2) is 7.54. The zero-order valence-electron chi connectivity index (χ0n) is 16.3. The summed E-state index contributed by atoms with van der Waals surface area (Å²) in [7, 11) is 0. The van der Waals surface area contributed by atoms with Crippen LogP contribution >= 0.6 is 11.6 Å². The number of aryl methyl sites for hydroxylation is 1. The Hall–Kier alpha value is -2.83. The first-order valence-electron chi connectivity index (χ1n) is 9.81. The molecule has 1 saturated heterocycles. The van der Waals surface area contributed by atoms with Crippen molar-refractivity contribution in [1.29, 1.82) is 0 Å². The zero-order valence-corrected chi connectivity index (χ0v) is 17.0. The van der Waals surface area contributed by atoms with Gasteiger partial charge in [-0.25, -0.2) is 0 Å². The van der Waals surface area contributed by atoms with Gasteiger partial charge in [-0.15, -0.1) is 5.10 Å². The molecule has 0 spiro atoms. The number of piperazine rings is 1. The highest BCUT2D eigenvalue weighted by molar-refractivity contribution is 6.33. The highest BCUT2D eigenvalue weighted by atomic mass is 35.5. The summed E-state index contributed by atoms with van der Waals surface area (Å²) in [5.41, 5.74) is 3.08. The summed E-state index contributed by atoms with van der Waals surface area (Å²) in [6.07, 6.45) is 0. The normalized spacial score (nSPS) is 15.3. The molecule has 0 atom stereocenters. The summed E-state index contributed by atoms with van der Waals surface area (Å²) in [6.45, 7) is 6.80. The molecule has 2 aromatic heterocycles. The molecule has 5 rings (SSSR count). The van der Waals surface area contributed by atoms with Gasteiger partial charge < -0.3 is 9.32 Å². The highest BCUT2D eigenvalue weighted by Crippen LogP contribution is 2.27. The van der Waals surface area contributed by atoms with Gasteiger partial charge in [-0.3, -0.25) is 4.90 Å². The molecule has 0 amide bonds. The first-order chi connectivity index (χ1) is 14.2. The van der Waals surface area contributed by atoms with Crippen LogP contribution in [0.3, 0.4) is 0 Å². The van der Waals surface area contributed by atoms with E-state index in [0.29, 0.717) is 16.7 Å². The number of hydrogen-bond acceptors (Lipinski definition) is 5. The summed E-state index contributed by atoms with van der Waals surface area (Å²) in [6, 6.07) is 18.2. The van der Waals surface area contributed by atoms with E-state index in [1.54, 1.807) is 4.52 Å². The third-order valence-electron chi connectivity index (χ3n) is 5.49. The minimum Gasteiger partial charge on any atom is -0.425 e. The van der Waals surface area contributed by atoms with Crippen molar-refractivity contribution >= 4 is 23.1 Å². The van der Waals surface area contributed by atoms with Crippen molar-refractivity contribution in [3.8, 4) is 11.4 Å². The number of nitrogens with zero attached hydrogens (tertiary/aromatic N) is 5. The Morgan fingerprint density at radius 2 is 1.69 bits per heavy atom. The Morgan fingerprint density at radius 3 is 2.41 bits per heavy atom. The van der Waals surface area contributed by atoms with Crippen LogP contribution in [0, 0.1) is 6.92 Å². The van der Waals surface area contributed by atoms with Crippen LogP contribution in [0.25, 0.3) is 17.2 Å². The van der Waals surface area contributed by atoms with Gasteiger partial charge in [0, 0.05) is 37.4 Å². The standard InChI is InChI=1S/C22H22ClN5O/c1-16-20(15-26-11-13-27(14-12-26)17-7-3-2-4-8-17)29-22-24-21(25-28(16)22)18-9-5-6-10-19(18)23/h2-10H,11-15H2,1H3. The van der Waals surface area contributed by atoms with Crippen molar-refractivity contribution in [1.82, 2.24) is 19.5 Å². The Kier molecular flexibility index (Phi) is 4.73. The molecule has 0 saturated carbocycles. The van der Waals surface area contributed by atoms with Gasteiger partial charge in [0.15, 0.2) is 5.82 Å². The van der Waals surface area contributed by atoms with E-state index in [9.17, 15) is 0 Å². The van der Waals surface area contributed by atoms with E-state index in [-0.39, 0.29) is 0 Å². The molecule has 0 unspecified atom stereocenters. The van der Waals surface area contributed by atoms with Crippen LogP contribution in [0.15, 0.2) is 59.0 Å². The molecular weight excluding hydrogens is 386 g/mol. The highest BCUT2D eigenvalue weighted by Gasteiger charge is 2.22. The summed E-state index contributed by atoms with van der Waals surface area (Å²) in [4.78, 5) is 9.39. The van der Waals surface area contributed by atoms with Crippen molar-refractivity contribution in [2.24, 2.45) is 0 Å². The zero-order chi connectivity index (χ0) is 19.8. The molecule has 1 aliphatic heterocycles. The van der Waals surface area contributed by atoms with Gasteiger partial charge in [0.2, 0.25) is 0 Å². The van der Waals surface area contributed by atoms with Crippen LogP contribution in [0.2, 0.25) is 5.02 Å². The van der Waals surface area contributed by atoms with Crippen LogP contribution in [-0.2, 0) is 6.54 Å². The number of anilines is 1. The molecule has 0 bridgehead atoms. The van der Waals surface area contributed by atoms with E-state index in [1.807, 2.05) is 31.2 Å². The van der Waals surface area contributed by atoms with Gasteiger partial charge in [0.1, 0.15) is 5.76 Å². The van der Waals surface area contributed by atoms with Crippen LogP contribution in [0.4, 0.5) is 5.69 Å². The average Bonchev–Trinajstić information content (AvgIpc) is 3.29. The number of oxazole rings is 1. The van der Waals surface area contributed by atoms with Gasteiger partial charge in [-0.1, -0.05) is 41.9 Å². The fraction of sp³-hybridized carbons (Fsp3) is 0.273. The lowest BCUT2D eigenvalue weighted by atomic mass is 10.2. The number of fused-ring (bicyclic) bond motifs is 1. The predicted molar refractivity (Wildman–Crippen MR) is 114 cm³/mol. The van der Waals surface area contributed by atoms with Gasteiger partial charge in [-0.05, 0) is 31.2 Å². The second-order valence-electron chi connectivity index (χ2n) is 7.32. The van der Waals surface area contributed by atoms with Crippen molar-refractivity contribution in [3.63, 3.8) is 0 Å². The molecule has 6 nitrogen and oxygen atoms in total. The minimum absolute atomic E-state index is 0.510. The molecule has 0 N–H and O–H groups in total. The molecule has 0 aliphatic carbocycles. The smallest absolute Gasteiger partial charge is 0.325 e. The van der Waals surface area contributed by atoms with E-state index in [4.69, 9.17) is 16.0 Å². The third-order valence-corrected chi connectivity index (χ3v) is 5.82. The fourth-order valence-corrected chi connectivity index (χ4v) is 4.01. The molecule has 3 heterocycles. The summed E-state index contributed by atoms with van der Waals surface area (Å²) < 4.78 is 7.82. The lowest BCUT2D eigenvalue weighted by Gasteiger charge is -2.35. The van der Waals surface area contributed by atoms with Crippen LogP contribution in [-0.4, -0.2) is 45.7 Å². The lowest BCUT2D eigenvalue weighted by Crippen LogP contribution is -2.46. The molecule has 1 aliphatic rings. The maximum atomic E-state index is 6.28. The maximum Gasteiger partial charge on any atom is 0.325 e. The monoisotopic (exact) mass is 407 g/mol. The maximum absolute atomic E-state index is 6.28. The molecular formula is C22H22ClN5O. The van der Waals surface area contributed by atoms with Crippen molar-refractivity contribution < 1.29 is 4.42 Å². The number of para-hydroxylation sites is 1. The predicted octanol–water partition coefficient (Wildman–Crippen LogP) is 4.27. The van der Waals surface area contributed by atoms with Gasteiger partial charge in [0.05, 0.1) is 17.3 Å². The molecule has 1 fully saturated rings. The second-order valence-corrected chi connectivity index (χ2v) is 7.73.